The molecule has 2 N–H and O–H groups in total. The fourth-order valence-corrected chi connectivity index (χ4v) is 2.64. The summed E-state index contributed by atoms with van der Waals surface area (Å²) in [6, 6.07) is -2.14. The van der Waals surface area contributed by atoms with E-state index in [-0.39, 0.29) is 5.92 Å². The van der Waals surface area contributed by atoms with Crippen molar-refractivity contribution in [3.8, 4) is 0 Å². The summed E-state index contributed by atoms with van der Waals surface area (Å²) in [6.07, 6.45) is -1.08. The molecule has 112 valence electrons. The molecule has 2 atom stereocenters. The van der Waals surface area contributed by atoms with Gasteiger partial charge in [0.25, 0.3) is 0 Å². The normalized spacial score (nSPS) is 21.2. The van der Waals surface area contributed by atoms with E-state index >= 15 is 0 Å². The Hall–Kier alpha value is -0.780. The molecule has 0 aromatic carbocycles. The molecule has 0 aromatic heterocycles. The van der Waals surface area contributed by atoms with Crippen molar-refractivity contribution in [2.75, 3.05) is 0 Å². The van der Waals surface area contributed by atoms with Gasteiger partial charge in [-0.05, 0) is 32.6 Å². The van der Waals surface area contributed by atoms with Crippen LogP contribution in [0.1, 0.15) is 46.0 Å². The molecule has 0 aromatic rings. The lowest BCUT2D eigenvalue weighted by molar-refractivity contribution is -0.184. The number of hydrogen-bond acceptors (Lipinski definition) is 3. The van der Waals surface area contributed by atoms with Crippen LogP contribution in [0.3, 0.4) is 0 Å². The Balaban J connectivity index is 2.86. The highest BCUT2D eigenvalue weighted by molar-refractivity contribution is 5.74. The summed E-state index contributed by atoms with van der Waals surface area (Å²) in [7, 11) is 0. The van der Waals surface area contributed by atoms with Gasteiger partial charge < -0.3 is 10.5 Å². The quantitative estimate of drug-likeness (QED) is 0.806. The lowest BCUT2D eigenvalue weighted by Crippen LogP contribution is -2.51. The Kier molecular flexibility index (Phi) is 5.64. The molecular weight excluding hydrogens is 259 g/mol. The second-order valence-electron chi connectivity index (χ2n) is 5.48. The van der Waals surface area contributed by atoms with E-state index in [2.05, 4.69) is 0 Å². The van der Waals surface area contributed by atoms with Crippen LogP contribution in [0.4, 0.5) is 13.2 Å². The molecule has 3 nitrogen and oxygen atoms in total. The number of alkyl halides is 3. The molecule has 0 bridgehead atoms. The number of ether oxygens (including phenoxy) is 1. The summed E-state index contributed by atoms with van der Waals surface area (Å²) < 4.78 is 43.4. The van der Waals surface area contributed by atoms with Crippen LogP contribution < -0.4 is 5.73 Å². The largest absolute Gasteiger partial charge is 0.463 e. The second-order valence-corrected chi connectivity index (χ2v) is 5.48. The number of hydrogen-bond donors (Lipinski definition) is 1. The highest BCUT2D eigenvalue weighted by atomic mass is 19.4. The van der Waals surface area contributed by atoms with Crippen LogP contribution in [-0.4, -0.2) is 24.3 Å². The predicted octanol–water partition coefficient (Wildman–Crippen LogP) is 3.02. The summed E-state index contributed by atoms with van der Waals surface area (Å²) in [5.74, 6) is -2.41. The first kappa shape index (κ1) is 16.3. The van der Waals surface area contributed by atoms with Crippen molar-refractivity contribution in [2.45, 2.75) is 64.3 Å². The third-order valence-corrected chi connectivity index (χ3v) is 3.55. The number of rotatable bonds is 4. The molecule has 0 saturated heterocycles. The van der Waals surface area contributed by atoms with Crippen molar-refractivity contribution in [3.05, 3.63) is 0 Å². The van der Waals surface area contributed by atoms with Gasteiger partial charge in [0, 0.05) is 0 Å². The van der Waals surface area contributed by atoms with Crippen molar-refractivity contribution in [1.29, 1.82) is 0 Å². The number of esters is 1. The van der Waals surface area contributed by atoms with E-state index in [4.69, 9.17) is 10.5 Å². The Morgan fingerprint density at radius 1 is 1.21 bits per heavy atom. The minimum atomic E-state index is -4.57. The summed E-state index contributed by atoms with van der Waals surface area (Å²) in [6.45, 7) is 3.24. The molecule has 1 aliphatic rings. The van der Waals surface area contributed by atoms with Gasteiger partial charge in [0.15, 0.2) is 0 Å². The van der Waals surface area contributed by atoms with E-state index in [1.807, 2.05) is 0 Å². The zero-order valence-electron chi connectivity index (χ0n) is 11.4. The smallest absolute Gasteiger partial charge is 0.404 e. The van der Waals surface area contributed by atoms with Crippen molar-refractivity contribution in [2.24, 2.45) is 17.6 Å². The first-order valence-corrected chi connectivity index (χ1v) is 6.76. The van der Waals surface area contributed by atoms with Crippen molar-refractivity contribution < 1.29 is 22.7 Å². The second kappa shape index (κ2) is 6.59. The maximum absolute atomic E-state index is 12.8. The molecule has 0 aliphatic heterocycles. The van der Waals surface area contributed by atoms with Gasteiger partial charge in [-0.2, -0.15) is 13.2 Å². The Labute approximate surface area is 111 Å². The maximum atomic E-state index is 12.8. The molecule has 0 spiro atoms. The van der Waals surface area contributed by atoms with Gasteiger partial charge in [-0.3, -0.25) is 4.79 Å². The molecule has 1 rings (SSSR count). The average Bonchev–Trinajstić information content (AvgIpc) is 2.28. The highest BCUT2D eigenvalue weighted by Crippen LogP contribution is 2.36. The first-order chi connectivity index (χ1) is 8.73. The van der Waals surface area contributed by atoms with E-state index in [0.29, 0.717) is 12.8 Å². The zero-order valence-corrected chi connectivity index (χ0v) is 11.4. The van der Waals surface area contributed by atoms with Crippen LogP contribution in [0.5, 0.6) is 0 Å². The standard InChI is InChI=1S/C13H22F3NO2/c1-8(2)19-12(18)10(11(17)13(14,15)16)9-6-4-3-5-7-9/h8-11H,3-7,17H2,1-2H3/t10-,11-/m0/s1. The topological polar surface area (TPSA) is 52.3 Å². The lowest BCUT2D eigenvalue weighted by Gasteiger charge is -2.33. The maximum Gasteiger partial charge on any atom is 0.404 e. The van der Waals surface area contributed by atoms with E-state index in [1.165, 1.54) is 0 Å². The molecule has 0 heterocycles. The van der Waals surface area contributed by atoms with Crippen molar-refractivity contribution >= 4 is 5.97 Å². The number of carbonyl (C=O) groups excluding carboxylic acids is 1. The Bertz CT molecular complexity index is 299. The van der Waals surface area contributed by atoms with Crippen LogP contribution in [0.15, 0.2) is 0 Å². The van der Waals surface area contributed by atoms with Crippen LogP contribution in [-0.2, 0) is 9.53 Å². The first-order valence-electron chi connectivity index (χ1n) is 6.76. The minimum Gasteiger partial charge on any atom is -0.463 e. The summed E-state index contributed by atoms with van der Waals surface area (Å²) in [5, 5.41) is 0. The van der Waals surface area contributed by atoms with Gasteiger partial charge in [-0.25, -0.2) is 0 Å². The minimum absolute atomic E-state index is 0.323. The molecule has 1 aliphatic carbocycles. The zero-order chi connectivity index (χ0) is 14.6. The average molecular weight is 281 g/mol. The number of halogens is 3. The highest BCUT2D eigenvalue weighted by Gasteiger charge is 2.48. The van der Waals surface area contributed by atoms with Gasteiger partial charge in [0.2, 0.25) is 0 Å². The summed E-state index contributed by atoms with van der Waals surface area (Å²) >= 11 is 0. The van der Waals surface area contributed by atoms with Gasteiger partial charge in [-0.15, -0.1) is 0 Å². The lowest BCUT2D eigenvalue weighted by atomic mass is 9.76. The van der Waals surface area contributed by atoms with Gasteiger partial charge in [0.1, 0.15) is 6.04 Å². The molecule has 6 heteroatoms. The molecule has 0 radical (unpaired) electrons. The summed E-state index contributed by atoms with van der Waals surface area (Å²) in [5.41, 5.74) is 5.28. The Morgan fingerprint density at radius 3 is 2.16 bits per heavy atom. The molecule has 1 fully saturated rings. The van der Waals surface area contributed by atoms with E-state index in [1.54, 1.807) is 13.8 Å². The van der Waals surface area contributed by atoms with Crippen LogP contribution in [0.25, 0.3) is 0 Å². The number of carbonyl (C=O) groups is 1. The third kappa shape index (κ3) is 4.67. The molecule has 0 amide bonds. The number of nitrogens with two attached hydrogens (primary N) is 1. The summed E-state index contributed by atoms with van der Waals surface area (Å²) in [4.78, 5) is 11.9. The fraction of sp³-hybridized carbons (Fsp3) is 0.923. The van der Waals surface area contributed by atoms with Crippen molar-refractivity contribution in [1.82, 2.24) is 0 Å². The van der Waals surface area contributed by atoms with E-state index in [0.717, 1.165) is 19.3 Å². The van der Waals surface area contributed by atoms with E-state index < -0.39 is 30.2 Å². The SMILES string of the molecule is CC(C)OC(=O)[C@@H](C1CCCCC1)[C@H](N)C(F)(F)F. The molecule has 19 heavy (non-hydrogen) atoms. The van der Waals surface area contributed by atoms with Gasteiger partial charge in [0.05, 0.1) is 12.0 Å². The van der Waals surface area contributed by atoms with Crippen LogP contribution >= 0.6 is 0 Å². The monoisotopic (exact) mass is 281 g/mol. The Morgan fingerprint density at radius 2 is 1.74 bits per heavy atom. The molecular formula is C13H22F3NO2. The van der Waals surface area contributed by atoms with E-state index in [9.17, 15) is 18.0 Å². The molecule has 1 saturated carbocycles. The molecule has 0 unspecified atom stereocenters. The van der Waals surface area contributed by atoms with Gasteiger partial charge >= 0.3 is 12.1 Å². The van der Waals surface area contributed by atoms with Crippen molar-refractivity contribution in [3.63, 3.8) is 0 Å². The fourth-order valence-electron chi connectivity index (χ4n) is 2.64. The predicted molar refractivity (Wildman–Crippen MR) is 65.3 cm³/mol. The third-order valence-electron chi connectivity index (χ3n) is 3.55. The van der Waals surface area contributed by atoms with Crippen LogP contribution in [0.2, 0.25) is 0 Å². The van der Waals surface area contributed by atoms with Crippen LogP contribution in [0, 0.1) is 11.8 Å². The van der Waals surface area contributed by atoms with Gasteiger partial charge in [-0.1, -0.05) is 19.3 Å².